The fraction of sp³-hybridized carbons (Fsp3) is 0.431. The third-order valence-electron chi connectivity index (χ3n) is 12.5. The maximum atomic E-state index is 14.6. The molecule has 8 amide bonds. The predicted octanol–water partition coefficient (Wildman–Crippen LogP) is 2.56. The maximum Gasteiger partial charge on any atom is 0.336 e. The highest BCUT2D eigenvalue weighted by Gasteiger charge is 2.33. The van der Waals surface area contributed by atoms with Gasteiger partial charge in [0.1, 0.15) is 30.2 Å². The number of nitrogens with one attached hydrogen (secondary N) is 8. The molecule has 0 saturated carbocycles. The number of urea groups is 1. The van der Waals surface area contributed by atoms with Crippen molar-refractivity contribution >= 4 is 63.3 Å². The summed E-state index contributed by atoms with van der Waals surface area (Å²) < 4.78 is 0. The van der Waals surface area contributed by atoms with Crippen LogP contribution in [0, 0.1) is 0 Å². The van der Waals surface area contributed by atoms with E-state index in [4.69, 9.17) is 11.5 Å². The van der Waals surface area contributed by atoms with E-state index in [-0.39, 0.29) is 32.2 Å². The topological polar surface area (TPSA) is 282 Å². The van der Waals surface area contributed by atoms with Gasteiger partial charge >= 0.3 is 6.03 Å². The van der Waals surface area contributed by atoms with Crippen LogP contribution in [0.5, 0.6) is 0 Å². The van der Waals surface area contributed by atoms with Crippen LogP contribution in [-0.4, -0.2) is 124 Å². The Morgan fingerprint density at radius 2 is 1.17 bits per heavy atom. The van der Waals surface area contributed by atoms with Crippen molar-refractivity contribution in [1.29, 1.82) is 0 Å². The summed E-state index contributed by atoms with van der Waals surface area (Å²) in [5.74, 6) is -4.05. The van der Waals surface area contributed by atoms with Crippen LogP contribution in [0.15, 0.2) is 91.3 Å². The number of aromatic nitrogens is 2. The number of hydrazine groups is 1. The molecule has 70 heavy (non-hydrogen) atoms. The van der Waals surface area contributed by atoms with Crippen molar-refractivity contribution in [3.05, 3.63) is 108 Å². The Morgan fingerprint density at radius 3 is 1.77 bits per heavy atom. The summed E-state index contributed by atoms with van der Waals surface area (Å²) in [6.07, 6.45) is 7.08. The van der Waals surface area contributed by atoms with Gasteiger partial charge in [0.2, 0.25) is 29.5 Å². The molecule has 1 fully saturated rings. The third-order valence-corrected chi connectivity index (χ3v) is 12.5. The lowest BCUT2D eigenvalue weighted by molar-refractivity contribution is -0.134. The number of aromatic amines is 2. The van der Waals surface area contributed by atoms with Gasteiger partial charge in [0.15, 0.2) is 0 Å². The summed E-state index contributed by atoms with van der Waals surface area (Å²) in [6.45, 7) is 7.28. The minimum absolute atomic E-state index is 0.00402. The normalized spacial score (nSPS) is 21.9. The lowest BCUT2D eigenvalue weighted by atomic mass is 10.0. The quantitative estimate of drug-likeness (QED) is 0.0930. The molecule has 2 aromatic heterocycles. The zero-order valence-electron chi connectivity index (χ0n) is 40.2. The van der Waals surface area contributed by atoms with Crippen LogP contribution < -0.4 is 43.5 Å². The summed E-state index contributed by atoms with van der Waals surface area (Å²) in [7, 11) is 0. The highest BCUT2D eigenvalue weighted by molar-refractivity contribution is 5.97. The van der Waals surface area contributed by atoms with Gasteiger partial charge in [0, 0.05) is 60.0 Å². The summed E-state index contributed by atoms with van der Waals surface area (Å²) in [6, 6.07) is 16.4. The monoisotopic (exact) mass is 961 g/mol. The number of amides is 8. The van der Waals surface area contributed by atoms with Gasteiger partial charge in [-0.2, -0.15) is 0 Å². The van der Waals surface area contributed by atoms with E-state index >= 15 is 0 Å². The average molecular weight is 961 g/mol. The Morgan fingerprint density at radius 1 is 0.657 bits per heavy atom. The van der Waals surface area contributed by atoms with Crippen molar-refractivity contribution in [3.63, 3.8) is 0 Å². The van der Waals surface area contributed by atoms with Crippen LogP contribution in [0.1, 0.15) is 76.0 Å². The number of hydrogen-bond donors (Lipinski definition) is 10. The number of para-hydroxylation sites is 2. The second-order valence-electron chi connectivity index (χ2n) is 18.1. The third kappa shape index (κ3) is 14.6. The lowest BCUT2D eigenvalue weighted by Gasteiger charge is -2.28. The van der Waals surface area contributed by atoms with Crippen LogP contribution in [0.4, 0.5) is 4.79 Å². The number of H-pyrrole nitrogens is 2. The Bertz CT molecular complexity index is 2580. The van der Waals surface area contributed by atoms with Gasteiger partial charge in [-0.05, 0) is 101 Å². The molecule has 1 saturated heterocycles. The van der Waals surface area contributed by atoms with Gasteiger partial charge in [0.25, 0.3) is 5.91 Å². The van der Waals surface area contributed by atoms with Crippen molar-refractivity contribution in [2.24, 2.45) is 11.5 Å². The molecule has 1 aliphatic rings. The first-order chi connectivity index (χ1) is 33.7. The Labute approximate surface area is 408 Å². The van der Waals surface area contributed by atoms with Gasteiger partial charge < -0.3 is 52.9 Å². The minimum Gasteiger partial charge on any atom is -0.368 e. The van der Waals surface area contributed by atoms with Gasteiger partial charge in [-0.15, -0.1) is 0 Å². The first-order valence-corrected chi connectivity index (χ1v) is 24.2. The van der Waals surface area contributed by atoms with Gasteiger partial charge in [0.05, 0.1) is 6.04 Å². The molecule has 0 radical (unpaired) electrons. The fourth-order valence-corrected chi connectivity index (χ4v) is 8.64. The van der Waals surface area contributed by atoms with Gasteiger partial charge in [-0.25, -0.2) is 9.80 Å². The molecule has 0 unspecified atom stereocenters. The van der Waals surface area contributed by atoms with E-state index < -0.39 is 77.7 Å². The molecule has 0 spiro atoms. The van der Waals surface area contributed by atoms with Crippen LogP contribution in [0.3, 0.4) is 0 Å². The van der Waals surface area contributed by atoms with Gasteiger partial charge in [-0.1, -0.05) is 73.7 Å². The molecule has 5 aromatic rings. The highest BCUT2D eigenvalue weighted by atomic mass is 16.2. The molecule has 0 aliphatic carbocycles. The SMILES string of the molecule is CCCN1CCCC[C@@H](C(N)=O)NC(=O)[C@@H](Cc2ccccc2)NC(=O)[C@H](Cc2c[nH]c3ccccc23)NC(=O)[C@H](C)NC(=O)[C@@H](Cc2c[nH]c3ccccc23)NC(=O)N(NC(=O)[C@@H](C)N)CCCC1. The number of primary amides is 1. The lowest BCUT2D eigenvalue weighted by Crippen LogP contribution is -2.60. The van der Waals surface area contributed by atoms with Crippen LogP contribution in [0.2, 0.25) is 0 Å². The molecule has 6 rings (SSSR count). The van der Waals surface area contributed by atoms with Crippen LogP contribution in [-0.2, 0) is 48.0 Å². The molecule has 19 nitrogen and oxygen atoms in total. The second kappa shape index (κ2) is 25.4. The first kappa shape index (κ1) is 52.1. The van der Waals surface area contributed by atoms with Gasteiger partial charge in [-0.3, -0.25) is 34.2 Å². The van der Waals surface area contributed by atoms with Crippen LogP contribution >= 0.6 is 0 Å². The Hall–Kier alpha value is -7.25. The van der Waals surface area contributed by atoms with E-state index in [9.17, 15) is 33.6 Å². The summed E-state index contributed by atoms with van der Waals surface area (Å²) in [4.78, 5) is 106. The standard InChI is InChI=1S/C51H68N12O7/c1-4-23-62-24-13-12-22-41(45(53)64)57-49(68)42(27-34-16-6-5-7-17-34)59-50(69)43(28-35-30-54-39-20-10-8-18-37(35)39)58-47(66)33(3)56-48(67)44(29-36-31-55-40-21-11-9-19-38(36)40)60-51(70)63(26-15-14-25-62)61-46(65)32(2)52/h5-11,16-21,30-33,41-44,54-55H,4,12-15,22-29,52H2,1-3H3,(H2,53,64)(H,56,67)(H,57,68)(H,58,66)(H,59,69)(H,60,70)(H,61,65)/t32-,33+,41+,42-,43+,44-/m1/s1. The molecule has 3 aromatic carbocycles. The maximum absolute atomic E-state index is 14.6. The predicted molar refractivity (Wildman–Crippen MR) is 267 cm³/mol. The summed E-state index contributed by atoms with van der Waals surface area (Å²) in [5.41, 5.74) is 18.2. The van der Waals surface area contributed by atoms with Crippen molar-refractivity contribution in [1.82, 2.24) is 51.9 Å². The number of carbonyl (C=O) groups is 7. The van der Waals surface area contributed by atoms with Crippen molar-refractivity contribution in [2.45, 2.75) is 115 Å². The molecule has 374 valence electrons. The average Bonchev–Trinajstić information content (AvgIpc) is 3.95. The number of nitrogens with zero attached hydrogens (tertiary/aromatic N) is 2. The van der Waals surface area contributed by atoms with E-state index in [1.54, 1.807) is 12.4 Å². The smallest absolute Gasteiger partial charge is 0.336 e. The summed E-state index contributed by atoms with van der Waals surface area (Å²) >= 11 is 0. The van der Waals surface area contributed by atoms with Crippen molar-refractivity contribution < 1.29 is 33.6 Å². The first-order valence-electron chi connectivity index (χ1n) is 24.2. The van der Waals surface area contributed by atoms with Crippen molar-refractivity contribution in [2.75, 3.05) is 26.2 Å². The Kier molecular flexibility index (Phi) is 18.9. The molecule has 19 heteroatoms. The molecular weight excluding hydrogens is 893 g/mol. The summed E-state index contributed by atoms with van der Waals surface area (Å²) in [5, 5.41) is 16.8. The molecule has 6 atom stereocenters. The number of nitrogens with two attached hydrogens (primary N) is 2. The zero-order valence-corrected chi connectivity index (χ0v) is 40.2. The number of carbonyl (C=O) groups excluding carboxylic acids is 7. The van der Waals surface area contributed by atoms with Crippen LogP contribution in [0.25, 0.3) is 21.8 Å². The molecule has 12 N–H and O–H groups in total. The molecule has 0 bridgehead atoms. The fourth-order valence-electron chi connectivity index (χ4n) is 8.64. The molecule has 3 heterocycles. The van der Waals surface area contributed by atoms with E-state index in [0.29, 0.717) is 49.9 Å². The number of benzene rings is 3. The Balaban J connectivity index is 1.33. The van der Waals surface area contributed by atoms with E-state index in [1.165, 1.54) is 13.8 Å². The van der Waals surface area contributed by atoms with Crippen molar-refractivity contribution in [3.8, 4) is 0 Å². The second-order valence-corrected chi connectivity index (χ2v) is 18.1. The van der Waals surface area contributed by atoms with E-state index in [1.807, 2.05) is 78.9 Å². The highest BCUT2D eigenvalue weighted by Crippen LogP contribution is 2.21. The zero-order chi connectivity index (χ0) is 50.2. The van der Waals surface area contributed by atoms with E-state index in [2.05, 4.69) is 53.8 Å². The molecule has 1 aliphatic heterocycles. The largest absolute Gasteiger partial charge is 0.368 e. The number of rotatable bonds is 11. The molecular formula is C51H68N12O7. The van der Waals surface area contributed by atoms with E-state index in [0.717, 1.165) is 45.3 Å². The number of fused-ring (bicyclic) bond motifs is 2. The number of hydrogen-bond acceptors (Lipinski definition) is 9. The minimum atomic E-state index is -1.27.